The van der Waals surface area contributed by atoms with Crippen LogP contribution in [0.1, 0.15) is 67.2 Å². The number of fused-ring (bicyclic) bond motifs is 1. The summed E-state index contributed by atoms with van der Waals surface area (Å²) in [6.07, 6.45) is 1.06. The highest BCUT2D eigenvalue weighted by Crippen LogP contribution is 2.51. The van der Waals surface area contributed by atoms with Crippen molar-refractivity contribution in [2.45, 2.75) is 121 Å². The van der Waals surface area contributed by atoms with Crippen LogP contribution in [0, 0.1) is 11.3 Å². The van der Waals surface area contributed by atoms with Crippen LogP contribution in [0.2, 0.25) is 19.6 Å². The van der Waals surface area contributed by atoms with Crippen molar-refractivity contribution < 1.29 is 41.8 Å². The minimum absolute atomic E-state index is 0.00893. The Hall–Kier alpha value is -4.96. The number of alkyl carbamates (subject to hydrolysis) is 1. The van der Waals surface area contributed by atoms with Crippen LogP contribution in [0.15, 0.2) is 67.3 Å². The first-order valence-corrected chi connectivity index (χ1v) is 25.4. The number of hydrogen-bond acceptors (Lipinski definition) is 10. The summed E-state index contributed by atoms with van der Waals surface area (Å²) in [6.45, 7) is 20.2. The topological polar surface area (TPSA) is 182 Å². The predicted molar refractivity (Wildman–Crippen MR) is 232 cm³/mol. The number of benzene rings is 2. The van der Waals surface area contributed by atoms with E-state index in [0.29, 0.717) is 40.9 Å². The van der Waals surface area contributed by atoms with Gasteiger partial charge in [-0.3, -0.25) is 19.1 Å². The lowest BCUT2D eigenvalue weighted by Crippen LogP contribution is -2.61. The number of nitrogens with zero attached hydrogens (tertiary/aromatic N) is 2. The number of carbonyl (C=O) groups is 4. The van der Waals surface area contributed by atoms with Crippen LogP contribution in [0.25, 0.3) is 22.2 Å². The second-order valence-corrected chi connectivity index (χ2v) is 27.2. The van der Waals surface area contributed by atoms with E-state index in [1.165, 1.54) is 11.0 Å². The van der Waals surface area contributed by atoms with Gasteiger partial charge in [-0.05, 0) is 57.6 Å². The molecule has 60 heavy (non-hydrogen) atoms. The van der Waals surface area contributed by atoms with Gasteiger partial charge in [-0.25, -0.2) is 18.2 Å². The van der Waals surface area contributed by atoms with E-state index < -0.39 is 86.9 Å². The fourth-order valence-corrected chi connectivity index (χ4v) is 14.4. The van der Waals surface area contributed by atoms with Gasteiger partial charge < -0.3 is 29.7 Å². The first-order chi connectivity index (χ1) is 27.8. The van der Waals surface area contributed by atoms with Gasteiger partial charge >= 0.3 is 6.09 Å². The third-order valence-corrected chi connectivity index (χ3v) is 19.6. The number of methoxy groups -OCH3 is 1. The van der Waals surface area contributed by atoms with Gasteiger partial charge in [-0.1, -0.05) is 76.8 Å². The summed E-state index contributed by atoms with van der Waals surface area (Å²) in [7, 11) is -4.77. The van der Waals surface area contributed by atoms with Crippen molar-refractivity contribution in [1.29, 1.82) is 0 Å². The monoisotopic (exact) mass is 861 g/mol. The average Bonchev–Trinajstić information content (AvgIpc) is 4.07. The molecule has 6 rings (SSSR count). The average molecular weight is 862 g/mol. The summed E-state index contributed by atoms with van der Waals surface area (Å²) in [6, 6.07) is 14.5. The van der Waals surface area contributed by atoms with Gasteiger partial charge in [0, 0.05) is 35.4 Å². The zero-order valence-electron chi connectivity index (χ0n) is 36.3. The highest BCUT2D eigenvalue weighted by Gasteiger charge is 2.66. The fourth-order valence-electron chi connectivity index (χ4n) is 8.14. The summed E-state index contributed by atoms with van der Waals surface area (Å²) in [5.41, 5.74) is -1.20. The van der Waals surface area contributed by atoms with Crippen LogP contribution in [0.5, 0.6) is 11.5 Å². The van der Waals surface area contributed by atoms with E-state index in [4.69, 9.17) is 19.2 Å². The third-order valence-electron chi connectivity index (χ3n) is 11.8. The van der Waals surface area contributed by atoms with Gasteiger partial charge in [0.15, 0.2) is 0 Å². The maximum absolute atomic E-state index is 14.8. The molecule has 1 unspecified atom stereocenters. The number of sulfonamides is 1. The number of hydrogen-bond donors (Lipinski definition) is 3. The van der Waals surface area contributed by atoms with Gasteiger partial charge in [-0.15, -0.1) is 6.58 Å². The van der Waals surface area contributed by atoms with Crippen LogP contribution in [-0.2, 0) is 29.1 Å². The Morgan fingerprint density at radius 3 is 2.22 bits per heavy atom. The zero-order chi connectivity index (χ0) is 44.2. The molecule has 4 amide bonds. The van der Waals surface area contributed by atoms with E-state index >= 15 is 0 Å². The summed E-state index contributed by atoms with van der Waals surface area (Å²) >= 11 is 0. The Kier molecular flexibility index (Phi) is 11.8. The molecule has 0 spiro atoms. The molecule has 3 aromatic rings. The van der Waals surface area contributed by atoms with Crippen LogP contribution in [-0.4, -0.2) is 97.5 Å². The predicted octanol–water partition coefficient (Wildman–Crippen LogP) is 6.12. The van der Waals surface area contributed by atoms with E-state index in [9.17, 15) is 27.6 Å². The SMILES string of the molecule is C=C[C@@H]1CC1(NC(=O)[C@@H]1C[C@@H](Oc2cc(-c3ccccc3)nc3cc(OC)ccc23)CN1C(=O)[C@@H](NC(=O)OC(C)(C)C)C(C)(C)C)C(=O)NS(=O)(=O)C1([Si](C)(C)C)CC1. The molecule has 3 N–H and O–H groups in total. The molecular weight excluding hydrogens is 803 g/mol. The Labute approximate surface area is 354 Å². The molecule has 3 fully saturated rings. The van der Waals surface area contributed by atoms with E-state index in [1.54, 1.807) is 60.8 Å². The Bertz CT molecular complexity index is 2300. The minimum atomic E-state index is -4.07. The first kappa shape index (κ1) is 44.6. The molecule has 2 saturated carbocycles. The molecule has 1 aliphatic heterocycles. The number of pyridine rings is 1. The summed E-state index contributed by atoms with van der Waals surface area (Å²) in [4.78, 5) is 62.9. The lowest BCUT2D eigenvalue weighted by molar-refractivity contribution is -0.143. The van der Waals surface area contributed by atoms with Crippen LogP contribution >= 0.6 is 0 Å². The number of amides is 4. The van der Waals surface area contributed by atoms with Crippen molar-refractivity contribution in [3.05, 3.63) is 67.3 Å². The second-order valence-electron chi connectivity index (χ2n) is 19.4. The second kappa shape index (κ2) is 15.8. The molecule has 3 aliphatic rings. The molecule has 14 nitrogen and oxygen atoms in total. The maximum Gasteiger partial charge on any atom is 0.408 e. The van der Waals surface area contributed by atoms with E-state index in [2.05, 4.69) is 21.9 Å². The number of carbonyl (C=O) groups excluding carboxylic acids is 4. The van der Waals surface area contributed by atoms with Crippen molar-refractivity contribution in [3.63, 3.8) is 0 Å². The minimum Gasteiger partial charge on any atom is -0.497 e. The standard InChI is InChI=1S/C44H59N5O9SSi/c1-12-28-25-44(28,39(52)48-59(54,55)43(20-21-43)60(9,10)11)47-37(50)34-23-30(26-49(34)38(51)36(41(2,3)4)46-40(53)58-42(5,6)7)57-35-24-32(27-16-14-13-15-17-27)45-33-22-29(56-8)18-19-31(33)35/h12-19,22,24,28,30,34,36H,1,20-21,23,25-26H2,2-11H3,(H,46,53)(H,47,50)(H,48,52)/t28-,30-,34+,36-,44?/m1/s1. The van der Waals surface area contributed by atoms with Crippen LogP contribution in [0.4, 0.5) is 4.79 Å². The molecule has 0 radical (unpaired) electrons. The number of ether oxygens (including phenoxy) is 3. The highest BCUT2D eigenvalue weighted by molar-refractivity contribution is 7.93. The number of aromatic nitrogens is 1. The number of nitrogens with one attached hydrogen (secondary N) is 3. The Morgan fingerprint density at radius 1 is 1.00 bits per heavy atom. The smallest absolute Gasteiger partial charge is 0.408 e. The highest BCUT2D eigenvalue weighted by atomic mass is 32.2. The van der Waals surface area contributed by atoms with Gasteiger partial charge in [0.05, 0.1) is 37.3 Å². The van der Waals surface area contributed by atoms with Crippen LogP contribution in [0.3, 0.4) is 0 Å². The molecule has 1 saturated heterocycles. The molecule has 2 aliphatic carbocycles. The molecule has 0 bridgehead atoms. The molecule has 5 atom stereocenters. The summed E-state index contributed by atoms with van der Waals surface area (Å²) < 4.78 is 46.7. The summed E-state index contributed by atoms with van der Waals surface area (Å²) in [5.74, 6) is -1.55. The molecular formula is C44H59N5O9SSi. The molecule has 1 aromatic heterocycles. The zero-order valence-corrected chi connectivity index (χ0v) is 38.1. The van der Waals surface area contributed by atoms with E-state index in [1.807, 2.05) is 62.1 Å². The van der Waals surface area contributed by atoms with Crippen molar-refractivity contribution in [3.8, 4) is 22.8 Å². The van der Waals surface area contributed by atoms with E-state index in [-0.39, 0.29) is 19.4 Å². The van der Waals surface area contributed by atoms with Gasteiger partial charge in [-0.2, -0.15) is 0 Å². The van der Waals surface area contributed by atoms with E-state index in [0.717, 1.165) is 5.56 Å². The Balaban J connectivity index is 1.35. The molecule has 2 heterocycles. The van der Waals surface area contributed by atoms with Gasteiger partial charge in [0.1, 0.15) is 40.8 Å². The molecule has 16 heteroatoms. The molecule has 324 valence electrons. The summed E-state index contributed by atoms with van der Waals surface area (Å²) in [5, 5.41) is 6.29. The van der Waals surface area contributed by atoms with Crippen LogP contribution < -0.4 is 24.8 Å². The number of likely N-dealkylation sites (tertiary alicyclic amines) is 1. The Morgan fingerprint density at radius 2 is 1.67 bits per heavy atom. The molecule has 2 aromatic carbocycles. The quantitative estimate of drug-likeness (QED) is 0.134. The van der Waals surface area contributed by atoms with Crippen molar-refractivity contribution >= 4 is 52.8 Å². The lowest BCUT2D eigenvalue weighted by Gasteiger charge is -2.36. The largest absolute Gasteiger partial charge is 0.497 e. The van der Waals surface area contributed by atoms with Gasteiger partial charge in [0.25, 0.3) is 5.91 Å². The maximum atomic E-state index is 14.8. The van der Waals surface area contributed by atoms with Crippen molar-refractivity contribution in [2.24, 2.45) is 11.3 Å². The van der Waals surface area contributed by atoms with Crippen molar-refractivity contribution in [2.75, 3.05) is 13.7 Å². The van der Waals surface area contributed by atoms with Gasteiger partial charge in [0.2, 0.25) is 21.8 Å². The number of rotatable bonds is 13. The first-order valence-electron chi connectivity index (χ1n) is 20.4. The third kappa shape index (κ3) is 8.90. The van der Waals surface area contributed by atoms with Crippen molar-refractivity contribution in [1.82, 2.24) is 25.2 Å². The fraction of sp³-hybridized carbons (Fsp3) is 0.523. The lowest BCUT2D eigenvalue weighted by atomic mass is 9.85. The normalized spacial score (nSPS) is 22.9.